The normalized spacial score (nSPS) is 11.6. The molecule has 0 radical (unpaired) electrons. The van der Waals surface area contributed by atoms with Gasteiger partial charge in [-0.05, 0) is 64.2 Å². The second-order valence-electron chi connectivity index (χ2n) is 9.48. The van der Waals surface area contributed by atoms with E-state index in [0.717, 1.165) is 16.6 Å². The maximum absolute atomic E-state index is 13.6. The Morgan fingerprint density at radius 1 is 1.19 bits per heavy atom. The first-order valence-corrected chi connectivity index (χ1v) is 12.9. The van der Waals surface area contributed by atoms with E-state index in [-0.39, 0.29) is 6.10 Å². The van der Waals surface area contributed by atoms with Gasteiger partial charge in [0.25, 0.3) is 5.56 Å². The molecule has 9 nitrogen and oxygen atoms in total. The molecule has 198 valence electrons. The number of aromatic nitrogens is 3. The molecule has 10 heteroatoms. The number of carboxylic acids is 1. The first kappa shape index (κ1) is 28.1. The number of benzene rings is 1. The quantitative estimate of drug-likeness (QED) is 0.369. The third-order valence-electron chi connectivity index (χ3n) is 6.03. The molecule has 4 aromatic rings. The van der Waals surface area contributed by atoms with Crippen molar-refractivity contribution in [1.29, 1.82) is 0 Å². The Morgan fingerprint density at radius 3 is 2.35 bits per heavy atom. The summed E-state index contributed by atoms with van der Waals surface area (Å²) < 4.78 is 7.81. The molecule has 0 atom stereocenters. The monoisotopic (exact) mass is 527 g/mol. The molecule has 0 fully saturated rings. The molecular weight excluding hydrogens is 494 g/mol. The van der Waals surface area contributed by atoms with E-state index >= 15 is 0 Å². The molecule has 37 heavy (non-hydrogen) atoms. The number of nitrogens with zero attached hydrogens (tertiary/aromatic N) is 3. The van der Waals surface area contributed by atoms with Crippen LogP contribution in [-0.4, -0.2) is 36.4 Å². The fraction of sp³-hybridized carbons (Fsp3) is 0.407. The topological polar surface area (TPSA) is 128 Å². The molecule has 3 aromatic heterocycles. The van der Waals surface area contributed by atoms with Crippen LogP contribution in [-0.2, 0) is 29.7 Å². The van der Waals surface area contributed by atoms with E-state index in [1.165, 1.54) is 47.8 Å². The molecular formula is C27H33N3O6S. The Hall–Kier alpha value is -3.50. The Labute approximate surface area is 218 Å². The highest BCUT2D eigenvalue weighted by Crippen LogP contribution is 2.35. The molecule has 0 spiro atoms. The predicted octanol–water partition coefficient (Wildman–Crippen LogP) is 4.20. The second kappa shape index (κ2) is 11.3. The lowest BCUT2D eigenvalue weighted by atomic mass is 10.0. The lowest BCUT2D eigenvalue weighted by molar-refractivity contribution is -0.146. The summed E-state index contributed by atoms with van der Waals surface area (Å²) >= 11 is 1.26. The van der Waals surface area contributed by atoms with Gasteiger partial charge in [0.1, 0.15) is 16.6 Å². The predicted molar refractivity (Wildman–Crippen MR) is 144 cm³/mol. The van der Waals surface area contributed by atoms with Crippen LogP contribution in [0.5, 0.6) is 0 Å². The Balaban J connectivity index is 0.000000886. The Bertz CT molecular complexity index is 1510. The largest absolute Gasteiger partial charge is 0.480 e. The first-order valence-electron chi connectivity index (χ1n) is 12.1. The summed E-state index contributed by atoms with van der Waals surface area (Å²) in [5.41, 5.74) is -0.0863. The second-order valence-corrected chi connectivity index (χ2v) is 10.5. The summed E-state index contributed by atoms with van der Waals surface area (Å²) in [7, 11) is 0. The van der Waals surface area contributed by atoms with Crippen molar-refractivity contribution >= 4 is 27.5 Å². The molecule has 4 rings (SSSR count). The van der Waals surface area contributed by atoms with Crippen molar-refractivity contribution in [3.8, 4) is 10.8 Å². The van der Waals surface area contributed by atoms with Gasteiger partial charge in [0.2, 0.25) is 5.89 Å². The third-order valence-corrected chi connectivity index (χ3v) is 7.33. The molecule has 0 saturated heterocycles. The number of hydrogen-bond acceptors (Lipinski definition) is 7. The number of carboxylic acid groups (broad SMARTS) is 1. The average molecular weight is 528 g/mol. The number of aliphatic hydroxyl groups is 1. The molecule has 0 amide bonds. The zero-order valence-electron chi connectivity index (χ0n) is 21.9. The number of oxazole rings is 1. The van der Waals surface area contributed by atoms with Gasteiger partial charge in [0, 0.05) is 12.6 Å². The molecule has 0 saturated carbocycles. The van der Waals surface area contributed by atoms with Gasteiger partial charge < -0.3 is 14.6 Å². The van der Waals surface area contributed by atoms with Gasteiger partial charge in [0.15, 0.2) is 0 Å². The van der Waals surface area contributed by atoms with Crippen molar-refractivity contribution < 1.29 is 19.4 Å². The number of aryl methyl sites for hydroxylation is 4. The van der Waals surface area contributed by atoms with Gasteiger partial charge in [-0.2, -0.15) is 0 Å². The maximum Gasteiger partial charge on any atom is 0.333 e. The summed E-state index contributed by atoms with van der Waals surface area (Å²) in [6.45, 7) is 10.3. The summed E-state index contributed by atoms with van der Waals surface area (Å²) in [4.78, 5) is 44.3. The highest BCUT2D eigenvalue weighted by Gasteiger charge is 2.35. The van der Waals surface area contributed by atoms with Gasteiger partial charge in [-0.25, -0.2) is 19.1 Å². The van der Waals surface area contributed by atoms with Crippen LogP contribution in [0.1, 0.15) is 51.3 Å². The van der Waals surface area contributed by atoms with Crippen LogP contribution in [0, 0.1) is 6.92 Å². The van der Waals surface area contributed by atoms with E-state index in [4.69, 9.17) is 9.52 Å². The van der Waals surface area contributed by atoms with Crippen LogP contribution >= 0.6 is 11.3 Å². The van der Waals surface area contributed by atoms with Crippen LogP contribution in [0.25, 0.3) is 21.0 Å². The van der Waals surface area contributed by atoms with E-state index in [2.05, 4.69) is 18.0 Å². The highest BCUT2D eigenvalue weighted by atomic mass is 32.1. The summed E-state index contributed by atoms with van der Waals surface area (Å²) in [5, 5.41) is 18.1. The van der Waals surface area contributed by atoms with Gasteiger partial charge in [0.05, 0.1) is 16.5 Å². The molecule has 0 bridgehead atoms. The molecule has 0 aliphatic heterocycles. The van der Waals surface area contributed by atoms with E-state index in [0.29, 0.717) is 39.5 Å². The van der Waals surface area contributed by atoms with E-state index in [1.807, 2.05) is 18.2 Å². The van der Waals surface area contributed by atoms with Crippen molar-refractivity contribution in [2.24, 2.45) is 0 Å². The first-order chi connectivity index (χ1) is 17.4. The molecule has 0 aliphatic carbocycles. The molecule has 0 aliphatic rings. The Kier molecular flexibility index (Phi) is 8.55. The van der Waals surface area contributed by atoms with Crippen molar-refractivity contribution in [3.05, 3.63) is 74.3 Å². The van der Waals surface area contributed by atoms with Gasteiger partial charge in [-0.15, -0.1) is 11.3 Å². The average Bonchev–Trinajstić information content (AvgIpc) is 3.47. The van der Waals surface area contributed by atoms with Crippen LogP contribution in [0.4, 0.5) is 0 Å². The molecule has 1 aromatic carbocycles. The van der Waals surface area contributed by atoms with Crippen molar-refractivity contribution in [3.63, 3.8) is 0 Å². The summed E-state index contributed by atoms with van der Waals surface area (Å²) in [5.74, 6) is -0.905. The number of rotatable bonds is 7. The number of aliphatic carboxylic acids is 1. The fourth-order valence-corrected chi connectivity index (χ4v) is 5.31. The molecule has 0 unspecified atom stereocenters. The van der Waals surface area contributed by atoms with Crippen LogP contribution < -0.4 is 11.2 Å². The minimum absolute atomic E-state index is 0.167. The smallest absolute Gasteiger partial charge is 0.333 e. The SMILES string of the molecule is CC(C)O.CCc1ccccc1CCn1c(=O)n(C(C)(C)C(=O)O)c(=O)c2c(C)c(-c3ncco3)sc21. The van der Waals surface area contributed by atoms with Crippen molar-refractivity contribution in [2.75, 3.05) is 0 Å². The highest BCUT2D eigenvalue weighted by molar-refractivity contribution is 7.22. The van der Waals surface area contributed by atoms with Crippen molar-refractivity contribution in [1.82, 2.24) is 14.1 Å². The lowest BCUT2D eigenvalue weighted by Crippen LogP contribution is -2.52. The van der Waals surface area contributed by atoms with Gasteiger partial charge in [-0.1, -0.05) is 31.2 Å². The van der Waals surface area contributed by atoms with E-state index in [1.54, 1.807) is 20.8 Å². The standard InChI is InChI=1S/C24H25N3O5S.C3H8O/c1-5-15-8-6-7-9-16(15)10-12-26-21-17(14(2)18(33-21)19-25-11-13-32-19)20(28)27(23(26)31)24(3,4)22(29)30;1-3(2)4/h6-9,11,13H,5,10,12H2,1-4H3,(H,29,30);3-4H,1-2H3. The molecule has 2 N–H and O–H groups in total. The maximum atomic E-state index is 13.6. The van der Waals surface area contributed by atoms with Gasteiger partial charge in [-0.3, -0.25) is 9.36 Å². The van der Waals surface area contributed by atoms with E-state index < -0.39 is 22.8 Å². The lowest BCUT2D eigenvalue weighted by Gasteiger charge is -2.23. The van der Waals surface area contributed by atoms with E-state index in [9.17, 15) is 19.5 Å². The number of thiophene rings is 1. The van der Waals surface area contributed by atoms with Crippen molar-refractivity contribution in [2.45, 2.75) is 72.6 Å². The third kappa shape index (κ3) is 5.60. The van der Waals surface area contributed by atoms with Crippen LogP contribution in [0.15, 0.2) is 50.7 Å². The minimum atomic E-state index is -1.72. The zero-order valence-corrected chi connectivity index (χ0v) is 22.8. The minimum Gasteiger partial charge on any atom is -0.480 e. The Morgan fingerprint density at radius 2 is 1.81 bits per heavy atom. The number of carbonyl (C=O) groups is 1. The summed E-state index contributed by atoms with van der Waals surface area (Å²) in [6.07, 6.45) is 4.22. The van der Waals surface area contributed by atoms with Crippen LogP contribution in [0.3, 0.4) is 0 Å². The number of hydrogen-bond donors (Lipinski definition) is 2. The fourth-order valence-electron chi connectivity index (χ4n) is 4.05. The number of fused-ring (bicyclic) bond motifs is 1. The zero-order chi connectivity index (χ0) is 27.5. The number of aliphatic hydroxyl groups excluding tert-OH is 1. The molecule has 3 heterocycles. The van der Waals surface area contributed by atoms with Gasteiger partial charge >= 0.3 is 11.7 Å². The summed E-state index contributed by atoms with van der Waals surface area (Å²) in [6, 6.07) is 8.01. The van der Waals surface area contributed by atoms with Crippen LogP contribution in [0.2, 0.25) is 0 Å².